The van der Waals surface area contributed by atoms with Crippen LogP contribution in [-0.2, 0) is 4.74 Å². The zero-order valence-corrected chi connectivity index (χ0v) is 9.22. The van der Waals surface area contributed by atoms with Crippen molar-refractivity contribution >= 4 is 11.3 Å². The van der Waals surface area contributed by atoms with E-state index in [0.29, 0.717) is 0 Å². The smallest absolute Gasteiger partial charge is 0.114 e. The second-order valence-corrected chi connectivity index (χ2v) is 5.12. The van der Waals surface area contributed by atoms with E-state index >= 15 is 0 Å². The number of aliphatic hydroxyl groups is 1. The lowest BCUT2D eigenvalue weighted by molar-refractivity contribution is -0.0620. The van der Waals surface area contributed by atoms with Gasteiger partial charge in [-0.05, 0) is 38.3 Å². The highest BCUT2D eigenvalue weighted by Crippen LogP contribution is 2.30. The van der Waals surface area contributed by atoms with E-state index in [9.17, 15) is 5.11 Å². The number of hydrogen-bond donors (Lipinski definition) is 1. The van der Waals surface area contributed by atoms with Crippen molar-refractivity contribution in [3.63, 3.8) is 0 Å². The minimum absolute atomic E-state index is 0.0156. The van der Waals surface area contributed by atoms with Crippen molar-refractivity contribution in [1.29, 1.82) is 0 Å². The summed E-state index contributed by atoms with van der Waals surface area (Å²) >= 11 is 1.66. The number of ether oxygens (including phenoxy) is 1. The molecule has 0 bridgehead atoms. The summed E-state index contributed by atoms with van der Waals surface area (Å²) in [6.45, 7) is 2.86. The maximum Gasteiger partial charge on any atom is 0.114 e. The minimum Gasteiger partial charge on any atom is -0.385 e. The molecule has 14 heavy (non-hydrogen) atoms. The maximum absolute atomic E-state index is 10.0. The lowest BCUT2D eigenvalue weighted by Crippen LogP contribution is -2.25. The predicted molar refractivity (Wildman–Crippen MR) is 57.6 cm³/mol. The molecule has 2 rings (SSSR count). The average molecular weight is 212 g/mol. The summed E-state index contributed by atoms with van der Waals surface area (Å²) in [6, 6.07) is 4.05. The van der Waals surface area contributed by atoms with Crippen LogP contribution in [0.2, 0.25) is 0 Å². The van der Waals surface area contributed by atoms with Crippen LogP contribution in [0.1, 0.15) is 35.1 Å². The summed E-state index contributed by atoms with van der Waals surface area (Å²) in [4.78, 5) is 2.28. The van der Waals surface area contributed by atoms with Gasteiger partial charge in [-0.15, -0.1) is 11.3 Å². The van der Waals surface area contributed by atoms with Gasteiger partial charge in [-0.25, -0.2) is 0 Å². The molecule has 0 saturated carbocycles. The van der Waals surface area contributed by atoms with E-state index in [1.165, 1.54) is 11.3 Å². The van der Waals surface area contributed by atoms with Crippen molar-refractivity contribution in [3.05, 3.63) is 21.9 Å². The Balaban J connectivity index is 2.03. The highest BCUT2D eigenvalue weighted by molar-refractivity contribution is 7.12. The number of aliphatic hydroxyl groups excluding tert-OH is 1. The van der Waals surface area contributed by atoms with Crippen LogP contribution < -0.4 is 0 Å². The number of thiophene rings is 1. The summed E-state index contributed by atoms with van der Waals surface area (Å²) in [5.41, 5.74) is 0. The summed E-state index contributed by atoms with van der Waals surface area (Å²) in [6.07, 6.45) is 2.88. The molecule has 1 aliphatic rings. The van der Waals surface area contributed by atoms with Crippen LogP contribution in [0.3, 0.4) is 0 Å². The van der Waals surface area contributed by atoms with E-state index in [1.807, 2.05) is 12.1 Å². The SMILES string of the molecule is Cc1ccc(C(O)C2CCCCO2)s1. The van der Waals surface area contributed by atoms with Crippen molar-refractivity contribution in [3.8, 4) is 0 Å². The normalized spacial score (nSPS) is 24.9. The summed E-state index contributed by atoms with van der Waals surface area (Å²) in [7, 11) is 0. The van der Waals surface area contributed by atoms with Gasteiger partial charge < -0.3 is 9.84 Å². The predicted octanol–water partition coefficient (Wildman–Crippen LogP) is 2.66. The lowest BCUT2D eigenvalue weighted by atomic mass is 10.0. The van der Waals surface area contributed by atoms with Crippen LogP contribution in [0.25, 0.3) is 0 Å². The maximum atomic E-state index is 10.0. The van der Waals surface area contributed by atoms with Crippen LogP contribution >= 0.6 is 11.3 Å². The molecular formula is C11H16O2S. The molecule has 78 valence electrons. The van der Waals surface area contributed by atoms with Gasteiger partial charge in [0.05, 0.1) is 6.10 Å². The van der Waals surface area contributed by atoms with Gasteiger partial charge in [-0.2, -0.15) is 0 Å². The molecule has 2 unspecified atom stereocenters. The van der Waals surface area contributed by atoms with Crippen molar-refractivity contribution < 1.29 is 9.84 Å². The summed E-state index contributed by atoms with van der Waals surface area (Å²) in [5, 5.41) is 10.0. The Morgan fingerprint density at radius 1 is 1.50 bits per heavy atom. The van der Waals surface area contributed by atoms with Gasteiger partial charge in [0.2, 0.25) is 0 Å². The Kier molecular flexibility index (Phi) is 3.21. The second kappa shape index (κ2) is 4.43. The van der Waals surface area contributed by atoms with Crippen molar-refractivity contribution in [2.24, 2.45) is 0 Å². The van der Waals surface area contributed by atoms with E-state index in [2.05, 4.69) is 6.92 Å². The molecule has 1 aliphatic heterocycles. The molecule has 0 radical (unpaired) electrons. The quantitative estimate of drug-likeness (QED) is 0.816. The van der Waals surface area contributed by atoms with Crippen LogP contribution in [0.4, 0.5) is 0 Å². The zero-order chi connectivity index (χ0) is 9.97. The fourth-order valence-corrected chi connectivity index (χ4v) is 2.73. The van der Waals surface area contributed by atoms with Gasteiger partial charge in [0.25, 0.3) is 0 Å². The third-order valence-corrected chi connectivity index (χ3v) is 3.69. The molecule has 3 heteroatoms. The van der Waals surface area contributed by atoms with E-state index in [4.69, 9.17) is 4.74 Å². The summed E-state index contributed by atoms with van der Waals surface area (Å²) < 4.78 is 5.56. The second-order valence-electron chi connectivity index (χ2n) is 3.80. The highest BCUT2D eigenvalue weighted by Gasteiger charge is 2.24. The number of hydrogen-bond acceptors (Lipinski definition) is 3. The van der Waals surface area contributed by atoms with E-state index in [-0.39, 0.29) is 6.10 Å². The first-order chi connectivity index (χ1) is 6.77. The van der Waals surface area contributed by atoms with E-state index < -0.39 is 6.10 Å². The molecule has 1 fully saturated rings. The first kappa shape index (κ1) is 10.1. The van der Waals surface area contributed by atoms with Gasteiger partial charge >= 0.3 is 0 Å². The molecule has 1 N–H and O–H groups in total. The largest absolute Gasteiger partial charge is 0.385 e. The molecule has 0 spiro atoms. The Bertz CT molecular complexity index is 289. The van der Waals surface area contributed by atoms with Gasteiger partial charge in [0, 0.05) is 16.4 Å². The van der Waals surface area contributed by atoms with Crippen molar-refractivity contribution in [2.75, 3.05) is 6.61 Å². The third kappa shape index (κ3) is 2.16. The van der Waals surface area contributed by atoms with Gasteiger partial charge in [0.15, 0.2) is 0 Å². The van der Waals surface area contributed by atoms with Crippen LogP contribution in [-0.4, -0.2) is 17.8 Å². The Morgan fingerprint density at radius 2 is 2.36 bits per heavy atom. The molecule has 2 atom stereocenters. The Labute approximate surface area is 88.5 Å². The highest BCUT2D eigenvalue weighted by atomic mass is 32.1. The molecule has 2 heterocycles. The average Bonchev–Trinajstić information content (AvgIpc) is 2.65. The van der Waals surface area contributed by atoms with Crippen molar-refractivity contribution in [2.45, 2.75) is 38.4 Å². The molecular weight excluding hydrogens is 196 g/mol. The molecule has 1 saturated heterocycles. The minimum atomic E-state index is -0.422. The standard InChI is InChI=1S/C11H16O2S/c1-8-5-6-10(14-8)11(12)9-4-2-3-7-13-9/h5-6,9,11-12H,2-4,7H2,1H3. The molecule has 1 aromatic heterocycles. The van der Waals surface area contributed by atoms with Gasteiger partial charge in [-0.3, -0.25) is 0 Å². The number of aryl methyl sites for hydroxylation is 1. The van der Waals surface area contributed by atoms with Crippen LogP contribution in [0, 0.1) is 6.92 Å². The van der Waals surface area contributed by atoms with Crippen molar-refractivity contribution in [1.82, 2.24) is 0 Å². The fraction of sp³-hybridized carbons (Fsp3) is 0.636. The van der Waals surface area contributed by atoms with Gasteiger partial charge in [0.1, 0.15) is 6.10 Å². The Hall–Kier alpha value is -0.380. The first-order valence-corrected chi connectivity index (χ1v) is 5.95. The number of rotatable bonds is 2. The van der Waals surface area contributed by atoms with Crippen LogP contribution in [0.5, 0.6) is 0 Å². The molecule has 1 aromatic rings. The topological polar surface area (TPSA) is 29.5 Å². The lowest BCUT2D eigenvalue weighted by Gasteiger charge is -2.26. The fourth-order valence-electron chi connectivity index (χ4n) is 1.81. The molecule has 0 aliphatic carbocycles. The zero-order valence-electron chi connectivity index (χ0n) is 8.40. The van der Waals surface area contributed by atoms with E-state index in [1.54, 1.807) is 11.3 Å². The molecule has 0 amide bonds. The van der Waals surface area contributed by atoms with E-state index in [0.717, 1.165) is 24.3 Å². The monoisotopic (exact) mass is 212 g/mol. The van der Waals surface area contributed by atoms with Crippen LogP contribution in [0.15, 0.2) is 12.1 Å². The summed E-state index contributed by atoms with van der Waals surface area (Å²) in [5.74, 6) is 0. The molecule has 2 nitrogen and oxygen atoms in total. The molecule has 0 aromatic carbocycles. The Morgan fingerprint density at radius 3 is 2.93 bits per heavy atom. The van der Waals surface area contributed by atoms with Gasteiger partial charge in [-0.1, -0.05) is 0 Å². The first-order valence-electron chi connectivity index (χ1n) is 5.13. The third-order valence-electron chi connectivity index (χ3n) is 2.62.